The zero-order chi connectivity index (χ0) is 16.8. The Kier molecular flexibility index (Phi) is 6.13. The van der Waals surface area contributed by atoms with E-state index in [9.17, 15) is 4.79 Å². The molecule has 0 aliphatic rings. The summed E-state index contributed by atoms with van der Waals surface area (Å²) >= 11 is 0. The van der Waals surface area contributed by atoms with Gasteiger partial charge in [0.1, 0.15) is 0 Å². The predicted octanol–water partition coefficient (Wildman–Crippen LogP) is 2.45. The molecule has 124 valence electrons. The summed E-state index contributed by atoms with van der Waals surface area (Å²) in [6.45, 7) is 5.85. The van der Waals surface area contributed by atoms with Crippen LogP contribution in [0, 0.1) is 13.8 Å². The molecular formula is C19H26N2O2. The van der Waals surface area contributed by atoms with Crippen LogP contribution in [0.4, 0.5) is 0 Å². The number of ketones is 1. The molecule has 2 aromatic rings. The molecule has 4 nitrogen and oxygen atoms in total. The van der Waals surface area contributed by atoms with Crippen LogP contribution in [0.2, 0.25) is 0 Å². The summed E-state index contributed by atoms with van der Waals surface area (Å²) in [5, 5.41) is 8.94. The Morgan fingerprint density at radius 1 is 1.22 bits per heavy atom. The Bertz CT molecular complexity index is 647. The molecule has 0 radical (unpaired) electrons. The highest BCUT2D eigenvalue weighted by molar-refractivity contribution is 5.99. The molecule has 0 unspecified atom stereocenters. The maximum Gasteiger partial charge on any atom is 0.178 e. The quantitative estimate of drug-likeness (QED) is 0.761. The number of Topliss-reactive ketones (excluding diaryl/α,β-unsaturated/α-hetero) is 1. The van der Waals surface area contributed by atoms with Crippen molar-refractivity contribution in [1.29, 1.82) is 0 Å². The molecule has 0 saturated carbocycles. The van der Waals surface area contributed by atoms with Crippen LogP contribution in [0.15, 0.2) is 36.4 Å². The molecule has 0 amide bonds. The number of aryl methyl sites for hydroxylation is 2. The number of hydrogen-bond acceptors (Lipinski definition) is 3. The van der Waals surface area contributed by atoms with E-state index in [0.29, 0.717) is 13.1 Å². The molecule has 4 heteroatoms. The number of likely N-dealkylation sites (N-methyl/N-ethyl adjacent to an activating group) is 1. The molecule has 0 fully saturated rings. The second-order valence-corrected chi connectivity index (χ2v) is 6.06. The van der Waals surface area contributed by atoms with Gasteiger partial charge in [0.25, 0.3) is 0 Å². The Hall–Kier alpha value is -1.91. The van der Waals surface area contributed by atoms with Crippen LogP contribution in [0.5, 0.6) is 0 Å². The average Bonchev–Trinajstić information content (AvgIpc) is 2.81. The first kappa shape index (κ1) is 17.4. The molecule has 0 aliphatic heterocycles. The number of aromatic nitrogens is 1. The molecule has 0 spiro atoms. The second kappa shape index (κ2) is 8.09. The van der Waals surface area contributed by atoms with Crippen LogP contribution in [-0.4, -0.2) is 47.1 Å². The van der Waals surface area contributed by atoms with Gasteiger partial charge in [0, 0.05) is 30.0 Å². The monoisotopic (exact) mass is 314 g/mol. The van der Waals surface area contributed by atoms with Crippen LogP contribution in [0.3, 0.4) is 0 Å². The zero-order valence-corrected chi connectivity index (χ0v) is 14.2. The van der Waals surface area contributed by atoms with E-state index in [-0.39, 0.29) is 12.4 Å². The zero-order valence-electron chi connectivity index (χ0n) is 14.2. The predicted molar refractivity (Wildman–Crippen MR) is 93.0 cm³/mol. The highest BCUT2D eigenvalue weighted by atomic mass is 16.3. The summed E-state index contributed by atoms with van der Waals surface area (Å²) in [4.78, 5) is 14.3. The first-order valence-electron chi connectivity index (χ1n) is 8.06. The topological polar surface area (TPSA) is 45.5 Å². The van der Waals surface area contributed by atoms with E-state index >= 15 is 0 Å². The number of aliphatic hydroxyl groups excluding tert-OH is 1. The first-order chi connectivity index (χ1) is 11.0. The minimum absolute atomic E-state index is 0.0693. The fraction of sp³-hybridized carbons (Fsp3) is 0.421. The Balaban J connectivity index is 2.08. The summed E-state index contributed by atoms with van der Waals surface area (Å²) in [6, 6.07) is 12.4. The minimum atomic E-state index is 0.0693. The van der Waals surface area contributed by atoms with Crippen LogP contribution >= 0.6 is 0 Å². The van der Waals surface area contributed by atoms with Gasteiger partial charge in [0.15, 0.2) is 5.78 Å². The summed E-state index contributed by atoms with van der Waals surface area (Å²) < 4.78 is 2.21. The maximum absolute atomic E-state index is 12.5. The van der Waals surface area contributed by atoms with Crippen LogP contribution in [0.25, 0.3) is 0 Å². The number of aliphatic hydroxyl groups is 1. The molecule has 1 heterocycles. The summed E-state index contributed by atoms with van der Waals surface area (Å²) in [7, 11) is 1.85. The number of carbonyl (C=O) groups is 1. The fourth-order valence-corrected chi connectivity index (χ4v) is 2.89. The highest BCUT2D eigenvalue weighted by Crippen LogP contribution is 2.17. The summed E-state index contributed by atoms with van der Waals surface area (Å²) in [5.41, 5.74) is 4.24. The number of carbonyl (C=O) groups excluding carboxylic acids is 1. The van der Waals surface area contributed by atoms with Gasteiger partial charge in [0.05, 0.1) is 13.2 Å². The third kappa shape index (κ3) is 4.53. The van der Waals surface area contributed by atoms with Gasteiger partial charge in [-0.25, -0.2) is 0 Å². The van der Waals surface area contributed by atoms with E-state index in [0.717, 1.165) is 29.9 Å². The number of nitrogens with zero attached hydrogens (tertiary/aromatic N) is 2. The number of rotatable bonds is 8. The highest BCUT2D eigenvalue weighted by Gasteiger charge is 2.16. The van der Waals surface area contributed by atoms with Gasteiger partial charge in [-0.2, -0.15) is 0 Å². The van der Waals surface area contributed by atoms with Gasteiger partial charge in [-0.15, -0.1) is 0 Å². The van der Waals surface area contributed by atoms with E-state index in [1.807, 2.05) is 37.9 Å². The molecule has 0 aliphatic carbocycles. The lowest BCUT2D eigenvalue weighted by atomic mass is 10.1. The standard InChI is InChI=1S/C19H26N2O2/c1-15-13-18(19(23)14-20(3)11-12-22)16(2)21(15)10-9-17-7-5-4-6-8-17/h4-8,13,22H,9-12,14H2,1-3H3. The Morgan fingerprint density at radius 2 is 1.91 bits per heavy atom. The van der Waals surface area contributed by atoms with Gasteiger partial charge in [0.2, 0.25) is 0 Å². The molecule has 1 aromatic heterocycles. The smallest absolute Gasteiger partial charge is 0.178 e. The molecule has 1 N–H and O–H groups in total. The van der Waals surface area contributed by atoms with Crippen molar-refractivity contribution in [2.45, 2.75) is 26.8 Å². The lowest BCUT2D eigenvalue weighted by molar-refractivity contribution is 0.0935. The molecule has 0 bridgehead atoms. The van der Waals surface area contributed by atoms with Crippen molar-refractivity contribution < 1.29 is 9.90 Å². The van der Waals surface area contributed by atoms with E-state index in [1.165, 1.54) is 5.56 Å². The lowest BCUT2D eigenvalue weighted by Crippen LogP contribution is -2.28. The van der Waals surface area contributed by atoms with Crippen molar-refractivity contribution in [1.82, 2.24) is 9.47 Å². The molecule has 0 atom stereocenters. The largest absolute Gasteiger partial charge is 0.395 e. The van der Waals surface area contributed by atoms with E-state index in [2.05, 4.69) is 28.8 Å². The van der Waals surface area contributed by atoms with Crippen molar-refractivity contribution in [3.05, 3.63) is 58.9 Å². The first-order valence-corrected chi connectivity index (χ1v) is 8.06. The van der Waals surface area contributed by atoms with Crippen molar-refractivity contribution >= 4 is 5.78 Å². The average molecular weight is 314 g/mol. The van der Waals surface area contributed by atoms with Crippen molar-refractivity contribution in [2.75, 3.05) is 26.7 Å². The SMILES string of the molecule is Cc1cc(C(=O)CN(C)CCO)c(C)n1CCc1ccccc1. The van der Waals surface area contributed by atoms with Gasteiger partial charge < -0.3 is 9.67 Å². The fourth-order valence-electron chi connectivity index (χ4n) is 2.89. The molecule has 0 saturated heterocycles. The van der Waals surface area contributed by atoms with Crippen molar-refractivity contribution in [3.63, 3.8) is 0 Å². The molecule has 23 heavy (non-hydrogen) atoms. The van der Waals surface area contributed by atoms with E-state index in [1.54, 1.807) is 0 Å². The second-order valence-electron chi connectivity index (χ2n) is 6.06. The number of hydrogen-bond donors (Lipinski definition) is 1. The Labute approximate surface area is 138 Å². The van der Waals surface area contributed by atoms with E-state index in [4.69, 9.17) is 5.11 Å². The van der Waals surface area contributed by atoms with Crippen molar-refractivity contribution in [3.8, 4) is 0 Å². The van der Waals surface area contributed by atoms with Crippen LogP contribution in [-0.2, 0) is 13.0 Å². The maximum atomic E-state index is 12.5. The molecular weight excluding hydrogens is 288 g/mol. The summed E-state index contributed by atoms with van der Waals surface area (Å²) in [5.74, 6) is 0.111. The van der Waals surface area contributed by atoms with Crippen molar-refractivity contribution in [2.24, 2.45) is 0 Å². The van der Waals surface area contributed by atoms with Gasteiger partial charge >= 0.3 is 0 Å². The summed E-state index contributed by atoms with van der Waals surface area (Å²) in [6.07, 6.45) is 0.954. The molecule has 1 aromatic carbocycles. The van der Waals surface area contributed by atoms with Crippen LogP contribution < -0.4 is 0 Å². The van der Waals surface area contributed by atoms with Crippen LogP contribution in [0.1, 0.15) is 27.3 Å². The van der Waals surface area contributed by atoms with E-state index < -0.39 is 0 Å². The third-order valence-electron chi connectivity index (χ3n) is 4.24. The third-order valence-corrected chi connectivity index (χ3v) is 4.24. The van der Waals surface area contributed by atoms with Gasteiger partial charge in [-0.05, 0) is 38.9 Å². The van der Waals surface area contributed by atoms with Gasteiger partial charge in [-0.1, -0.05) is 30.3 Å². The lowest BCUT2D eigenvalue weighted by Gasteiger charge is -2.14. The Morgan fingerprint density at radius 3 is 2.57 bits per heavy atom. The number of benzene rings is 1. The molecule has 2 rings (SSSR count). The van der Waals surface area contributed by atoms with Gasteiger partial charge in [-0.3, -0.25) is 9.69 Å². The minimum Gasteiger partial charge on any atom is -0.395 e. The normalized spacial score (nSPS) is 11.2.